The number of nitrogens with one attached hydrogen (secondary N) is 1. The Kier molecular flexibility index (Phi) is 4.73. The second-order valence-corrected chi connectivity index (χ2v) is 7.25. The number of pyridine rings is 1. The van der Waals surface area contributed by atoms with Crippen molar-refractivity contribution in [1.82, 2.24) is 4.98 Å². The molecule has 0 bridgehead atoms. The van der Waals surface area contributed by atoms with Gasteiger partial charge in [0.15, 0.2) is 0 Å². The first-order valence-corrected chi connectivity index (χ1v) is 8.53. The molecule has 0 aliphatic carbocycles. The number of carbonyl (C=O) groups excluding carboxylic acids is 1. The molecule has 2 aromatic carbocycles. The van der Waals surface area contributed by atoms with Crippen molar-refractivity contribution in [3.63, 3.8) is 0 Å². The van der Waals surface area contributed by atoms with Crippen LogP contribution < -0.4 is 5.32 Å². The Morgan fingerprint density at radius 3 is 2.46 bits per heavy atom. The lowest BCUT2D eigenvalue weighted by Crippen LogP contribution is -2.28. The number of rotatable bonds is 3. The molecule has 1 heterocycles. The van der Waals surface area contributed by atoms with E-state index >= 15 is 0 Å². The Morgan fingerprint density at radius 2 is 1.77 bits per heavy atom. The van der Waals surface area contributed by atoms with Gasteiger partial charge in [-0.2, -0.15) is 0 Å². The third-order valence-corrected chi connectivity index (χ3v) is 4.21. The molecular formula is C22H21N3O. The summed E-state index contributed by atoms with van der Waals surface area (Å²) in [5, 5.41) is 5.00. The van der Waals surface area contributed by atoms with Gasteiger partial charge in [-0.25, -0.2) is 11.6 Å². The van der Waals surface area contributed by atoms with Crippen LogP contribution in [0.25, 0.3) is 26.9 Å². The van der Waals surface area contributed by atoms with E-state index in [4.69, 9.17) is 6.57 Å². The van der Waals surface area contributed by atoms with Crippen LogP contribution in [-0.2, 0) is 11.3 Å². The third kappa shape index (κ3) is 3.57. The molecule has 0 spiro atoms. The Bertz CT molecular complexity index is 1010. The molecule has 0 fully saturated rings. The minimum absolute atomic E-state index is 0.0700. The molecule has 4 heteroatoms. The summed E-state index contributed by atoms with van der Waals surface area (Å²) in [7, 11) is 0. The molecule has 130 valence electrons. The molecule has 0 radical (unpaired) electrons. The van der Waals surface area contributed by atoms with Crippen molar-refractivity contribution in [3.05, 3.63) is 71.6 Å². The van der Waals surface area contributed by atoms with Gasteiger partial charge in [0.1, 0.15) is 5.82 Å². The van der Waals surface area contributed by atoms with Gasteiger partial charge in [-0.15, -0.1) is 0 Å². The highest BCUT2D eigenvalue weighted by Gasteiger charge is 2.21. The van der Waals surface area contributed by atoms with Gasteiger partial charge in [-0.1, -0.05) is 63.2 Å². The zero-order chi connectivity index (χ0) is 18.7. The number of carbonyl (C=O) groups is 1. The SMILES string of the molecule is [C-]#[N+]Cc1ccc(-c2cccc(NC(=O)C(C)(C)C)n2)c2ccccc12. The highest BCUT2D eigenvalue weighted by atomic mass is 16.2. The Morgan fingerprint density at radius 1 is 1.04 bits per heavy atom. The zero-order valence-corrected chi connectivity index (χ0v) is 15.2. The molecule has 4 nitrogen and oxygen atoms in total. The molecule has 26 heavy (non-hydrogen) atoms. The largest absolute Gasteiger partial charge is 0.312 e. The summed E-state index contributed by atoms with van der Waals surface area (Å²) in [6, 6.07) is 17.6. The van der Waals surface area contributed by atoms with Crippen LogP contribution in [0.5, 0.6) is 0 Å². The van der Waals surface area contributed by atoms with Crippen LogP contribution in [0, 0.1) is 12.0 Å². The second kappa shape index (κ2) is 6.97. The lowest BCUT2D eigenvalue weighted by atomic mass is 9.95. The lowest BCUT2D eigenvalue weighted by molar-refractivity contribution is -0.123. The van der Waals surface area contributed by atoms with E-state index < -0.39 is 5.41 Å². The average molecular weight is 343 g/mol. The number of anilines is 1. The van der Waals surface area contributed by atoms with Crippen molar-refractivity contribution < 1.29 is 4.79 Å². The average Bonchev–Trinajstić information content (AvgIpc) is 2.61. The van der Waals surface area contributed by atoms with Crippen LogP contribution in [0.3, 0.4) is 0 Å². The summed E-state index contributed by atoms with van der Waals surface area (Å²) in [6.07, 6.45) is 0. The van der Waals surface area contributed by atoms with Gasteiger partial charge in [-0.3, -0.25) is 4.79 Å². The predicted molar refractivity (Wildman–Crippen MR) is 106 cm³/mol. The fourth-order valence-corrected chi connectivity index (χ4v) is 2.77. The van der Waals surface area contributed by atoms with Crippen LogP contribution in [0.4, 0.5) is 5.82 Å². The summed E-state index contributed by atoms with van der Waals surface area (Å²) >= 11 is 0. The van der Waals surface area contributed by atoms with Crippen molar-refractivity contribution in [2.75, 3.05) is 5.32 Å². The first-order valence-electron chi connectivity index (χ1n) is 8.53. The summed E-state index contributed by atoms with van der Waals surface area (Å²) in [4.78, 5) is 20.4. The first kappa shape index (κ1) is 17.6. The van der Waals surface area contributed by atoms with E-state index in [1.807, 2.05) is 69.3 Å². The molecule has 1 N–H and O–H groups in total. The van der Waals surface area contributed by atoms with Crippen molar-refractivity contribution in [2.24, 2.45) is 5.41 Å². The van der Waals surface area contributed by atoms with Gasteiger partial charge in [0.05, 0.1) is 5.69 Å². The molecule has 0 aliphatic rings. The van der Waals surface area contributed by atoms with E-state index in [0.29, 0.717) is 12.4 Å². The monoisotopic (exact) mass is 343 g/mol. The van der Waals surface area contributed by atoms with E-state index in [0.717, 1.165) is 27.6 Å². The fourth-order valence-electron chi connectivity index (χ4n) is 2.77. The molecule has 1 aromatic heterocycles. The summed E-state index contributed by atoms with van der Waals surface area (Å²) in [6.45, 7) is 13.1. The van der Waals surface area contributed by atoms with Gasteiger partial charge in [0.2, 0.25) is 12.5 Å². The van der Waals surface area contributed by atoms with Crippen LogP contribution >= 0.6 is 0 Å². The van der Waals surface area contributed by atoms with Gasteiger partial charge in [-0.05, 0) is 22.9 Å². The molecule has 0 aliphatic heterocycles. The van der Waals surface area contributed by atoms with Crippen molar-refractivity contribution in [3.8, 4) is 11.3 Å². The van der Waals surface area contributed by atoms with Crippen LogP contribution in [0.1, 0.15) is 26.3 Å². The van der Waals surface area contributed by atoms with Gasteiger partial charge in [0.25, 0.3) is 0 Å². The number of benzene rings is 2. The molecule has 3 aromatic rings. The quantitative estimate of drug-likeness (QED) is 0.655. The number of hydrogen-bond acceptors (Lipinski definition) is 2. The minimum atomic E-state index is -0.480. The van der Waals surface area contributed by atoms with Crippen molar-refractivity contribution in [1.29, 1.82) is 0 Å². The predicted octanol–water partition coefficient (Wildman–Crippen LogP) is 5.31. The van der Waals surface area contributed by atoms with E-state index in [2.05, 4.69) is 15.1 Å². The number of aromatic nitrogens is 1. The number of amides is 1. The maximum atomic E-state index is 12.2. The zero-order valence-electron chi connectivity index (χ0n) is 15.2. The van der Waals surface area contributed by atoms with Crippen molar-refractivity contribution in [2.45, 2.75) is 27.3 Å². The second-order valence-electron chi connectivity index (χ2n) is 7.25. The number of hydrogen-bond donors (Lipinski definition) is 1. The van der Waals surface area contributed by atoms with Crippen LogP contribution in [0.2, 0.25) is 0 Å². The summed E-state index contributed by atoms with van der Waals surface area (Å²) in [5.41, 5.74) is 2.31. The van der Waals surface area contributed by atoms with Crippen LogP contribution in [-0.4, -0.2) is 10.9 Å². The van der Waals surface area contributed by atoms with Crippen molar-refractivity contribution >= 4 is 22.5 Å². The molecule has 0 saturated heterocycles. The number of fused-ring (bicyclic) bond motifs is 1. The normalized spacial score (nSPS) is 11.2. The fraction of sp³-hybridized carbons (Fsp3) is 0.227. The van der Waals surface area contributed by atoms with E-state index in [9.17, 15) is 4.79 Å². The highest BCUT2D eigenvalue weighted by Crippen LogP contribution is 2.31. The maximum Gasteiger partial charge on any atom is 0.240 e. The van der Waals surface area contributed by atoms with Gasteiger partial charge >= 0.3 is 0 Å². The highest BCUT2D eigenvalue weighted by molar-refractivity contribution is 5.98. The lowest BCUT2D eigenvalue weighted by Gasteiger charge is -2.17. The maximum absolute atomic E-state index is 12.2. The Balaban J connectivity index is 2.05. The molecule has 0 unspecified atom stereocenters. The topological polar surface area (TPSA) is 46.4 Å². The van der Waals surface area contributed by atoms with Gasteiger partial charge < -0.3 is 10.2 Å². The molecular weight excluding hydrogens is 322 g/mol. The van der Waals surface area contributed by atoms with E-state index in [1.54, 1.807) is 6.07 Å². The minimum Gasteiger partial charge on any atom is -0.312 e. The van der Waals surface area contributed by atoms with Gasteiger partial charge in [0, 0.05) is 16.5 Å². The molecule has 1 amide bonds. The number of nitrogens with zero attached hydrogens (tertiary/aromatic N) is 2. The molecule has 0 saturated carbocycles. The summed E-state index contributed by atoms with van der Waals surface area (Å²) < 4.78 is 0. The Labute approximate surface area is 153 Å². The third-order valence-electron chi connectivity index (χ3n) is 4.21. The smallest absolute Gasteiger partial charge is 0.240 e. The van der Waals surface area contributed by atoms with Crippen LogP contribution in [0.15, 0.2) is 54.6 Å². The Hall–Kier alpha value is -3.19. The van der Waals surface area contributed by atoms with E-state index in [-0.39, 0.29) is 5.91 Å². The summed E-state index contributed by atoms with van der Waals surface area (Å²) in [5.74, 6) is 0.469. The molecule has 3 rings (SSSR count). The molecule has 0 atom stereocenters. The van der Waals surface area contributed by atoms with E-state index in [1.165, 1.54) is 0 Å². The first-order chi connectivity index (χ1) is 12.4. The standard InChI is InChI=1S/C22H21N3O/c1-22(2,3)21(26)25-20-11-7-10-19(24-20)18-13-12-15(14-23-4)16-8-5-6-9-17(16)18/h5-13H,14H2,1-3H3,(H,24,25,26).